The highest BCUT2D eigenvalue weighted by molar-refractivity contribution is 5.70. The lowest BCUT2D eigenvalue weighted by Gasteiger charge is -2.14. The molecule has 0 radical (unpaired) electrons. The average molecular weight is 657 g/mol. The minimum absolute atomic E-state index is 0.0325. The molecule has 2 aromatic rings. The number of aliphatic hydroxyl groups excluding tert-OH is 2. The maximum absolute atomic E-state index is 13.1. The monoisotopic (exact) mass is 656 g/mol. The lowest BCUT2D eigenvalue weighted by Crippen LogP contribution is -2.55. The number of carbonyl (C=O) groups excluding carboxylic acids is 3. The van der Waals surface area contributed by atoms with Gasteiger partial charge >= 0.3 is 52.0 Å². The maximum atomic E-state index is 13.1. The highest BCUT2D eigenvalue weighted by Crippen LogP contribution is 1.94. The number of aliphatic hydroxyl groups is 2. The second-order valence-electron chi connectivity index (χ2n) is 9.35. The van der Waals surface area contributed by atoms with E-state index in [0.717, 1.165) is 7.11 Å². The Morgan fingerprint density at radius 3 is 1.28 bits per heavy atom. The molecule has 0 aliphatic rings. The molecule has 0 fully saturated rings. The van der Waals surface area contributed by atoms with Crippen molar-refractivity contribution in [3.63, 3.8) is 0 Å². The third kappa shape index (κ3) is 9.44. The Morgan fingerprint density at radius 2 is 0.913 bits per heavy atom. The molecule has 2 heterocycles. The molecule has 254 valence electrons. The molecule has 0 aliphatic heterocycles. The number of ether oxygens (including phenoxy) is 3. The van der Waals surface area contributed by atoms with Crippen LogP contribution in [0.25, 0.3) is 0 Å². The second-order valence-corrected chi connectivity index (χ2v) is 9.35. The fraction of sp³-hybridized carbons (Fsp3) is 0.577. The molecule has 20 nitrogen and oxygen atoms in total. The molecule has 0 amide bonds. The molecule has 0 unspecified atom stereocenters. The van der Waals surface area contributed by atoms with Crippen LogP contribution in [0, 0.1) is 0 Å². The summed E-state index contributed by atoms with van der Waals surface area (Å²) in [5.74, 6) is -2.47. The van der Waals surface area contributed by atoms with E-state index in [1.54, 1.807) is 19.1 Å². The van der Waals surface area contributed by atoms with Crippen molar-refractivity contribution >= 4 is 17.9 Å². The molecule has 0 bridgehead atoms. The van der Waals surface area contributed by atoms with Gasteiger partial charge < -0.3 is 24.4 Å². The van der Waals surface area contributed by atoms with Gasteiger partial charge in [-0.05, 0) is 6.92 Å². The zero-order valence-electron chi connectivity index (χ0n) is 25.3. The SMILES string of the molecule is C/C=C/COC(=O)CCn1c(=O)n(CCC(=O)OC)c(=O)n(CCC(=O)OCCn2c(=O)n(CCO)c(=O)n(CCO)c2=O)c1=O. The van der Waals surface area contributed by atoms with Gasteiger partial charge in [-0.2, -0.15) is 0 Å². The lowest BCUT2D eigenvalue weighted by atomic mass is 10.4. The molecule has 0 aromatic carbocycles. The summed E-state index contributed by atoms with van der Waals surface area (Å²) < 4.78 is 18.0. The molecule has 2 rings (SSSR count). The fourth-order valence-corrected chi connectivity index (χ4v) is 4.06. The quantitative estimate of drug-likeness (QED) is 0.0870. The zero-order valence-corrected chi connectivity index (χ0v) is 25.3. The van der Waals surface area contributed by atoms with Gasteiger partial charge in [0, 0.05) is 19.6 Å². The molecule has 46 heavy (non-hydrogen) atoms. The number of rotatable bonds is 18. The van der Waals surface area contributed by atoms with Crippen molar-refractivity contribution < 1.29 is 38.8 Å². The smallest absolute Gasteiger partial charge is 0.336 e. The molecule has 2 aromatic heterocycles. The highest BCUT2D eigenvalue weighted by Gasteiger charge is 2.19. The van der Waals surface area contributed by atoms with E-state index in [2.05, 4.69) is 4.74 Å². The van der Waals surface area contributed by atoms with E-state index in [4.69, 9.17) is 9.47 Å². The fourth-order valence-electron chi connectivity index (χ4n) is 4.06. The Hall–Kier alpha value is -5.11. The first kappa shape index (κ1) is 37.1. The molecule has 0 saturated heterocycles. The Kier molecular flexibility index (Phi) is 14.5. The standard InChI is InChI=1S/C26H36N6O14/c1-3-4-16-45-19(36)6-9-28-21(38)27(8-5-18(35)44-2)22(39)29(23(28)40)10-7-20(37)46-17-13-32-25(42)30(11-14-33)24(41)31(12-15-34)26(32)43/h3-4,33-34H,5-17H2,1-2H3/b4-3+. The summed E-state index contributed by atoms with van der Waals surface area (Å²) in [4.78, 5) is 113. The number of allylic oxidation sites excluding steroid dienone is 1. The van der Waals surface area contributed by atoms with Gasteiger partial charge in [0.05, 0.1) is 59.2 Å². The Labute approximate surface area is 258 Å². The largest absolute Gasteiger partial charge is 0.469 e. The third-order valence-corrected chi connectivity index (χ3v) is 6.42. The van der Waals surface area contributed by atoms with Gasteiger partial charge in [-0.1, -0.05) is 12.2 Å². The van der Waals surface area contributed by atoms with Crippen molar-refractivity contribution in [3.8, 4) is 0 Å². The molecule has 2 N–H and O–H groups in total. The molecular formula is C26H36N6O14. The van der Waals surface area contributed by atoms with E-state index >= 15 is 0 Å². The summed E-state index contributed by atoms with van der Waals surface area (Å²) in [6.45, 7) is -3.00. The number of esters is 3. The predicted molar refractivity (Wildman–Crippen MR) is 155 cm³/mol. The van der Waals surface area contributed by atoms with Crippen molar-refractivity contribution in [3.05, 3.63) is 75.1 Å². The molecule has 0 saturated carbocycles. The van der Waals surface area contributed by atoms with Crippen molar-refractivity contribution in [1.82, 2.24) is 27.4 Å². The van der Waals surface area contributed by atoms with Crippen LogP contribution < -0.4 is 34.1 Å². The highest BCUT2D eigenvalue weighted by atomic mass is 16.5. The van der Waals surface area contributed by atoms with Gasteiger partial charge in [-0.15, -0.1) is 0 Å². The average Bonchev–Trinajstić information content (AvgIpc) is 3.02. The van der Waals surface area contributed by atoms with Crippen molar-refractivity contribution in [1.29, 1.82) is 0 Å². The van der Waals surface area contributed by atoms with Gasteiger partial charge in [-0.25, -0.2) is 56.2 Å². The lowest BCUT2D eigenvalue weighted by molar-refractivity contribution is -0.144. The minimum Gasteiger partial charge on any atom is -0.469 e. The van der Waals surface area contributed by atoms with Crippen molar-refractivity contribution in [2.45, 2.75) is 65.5 Å². The van der Waals surface area contributed by atoms with Crippen LogP contribution in [0.1, 0.15) is 26.2 Å². The minimum atomic E-state index is -1.14. The summed E-state index contributed by atoms with van der Waals surface area (Å²) >= 11 is 0. The van der Waals surface area contributed by atoms with Crippen LogP contribution in [-0.4, -0.2) is 89.1 Å². The maximum Gasteiger partial charge on any atom is 0.336 e. The topological polar surface area (TPSA) is 251 Å². The molecular weight excluding hydrogens is 620 g/mol. The van der Waals surface area contributed by atoms with Crippen LogP contribution >= 0.6 is 0 Å². The van der Waals surface area contributed by atoms with Gasteiger partial charge in [0.15, 0.2) is 0 Å². The summed E-state index contributed by atoms with van der Waals surface area (Å²) in [5.41, 5.74) is -6.58. The second kappa shape index (κ2) is 18.0. The van der Waals surface area contributed by atoms with Crippen LogP contribution in [0.4, 0.5) is 0 Å². The normalized spacial score (nSPS) is 11.1. The summed E-state index contributed by atoms with van der Waals surface area (Å²) in [6.07, 6.45) is 1.80. The number of nitrogens with zero attached hydrogens (tertiary/aromatic N) is 6. The van der Waals surface area contributed by atoms with Crippen molar-refractivity contribution in [2.75, 3.05) is 33.5 Å². The first-order chi connectivity index (χ1) is 21.9. The summed E-state index contributed by atoms with van der Waals surface area (Å²) in [6, 6.07) is 0. The Bertz CT molecular complexity index is 1740. The van der Waals surface area contributed by atoms with Crippen LogP contribution in [0.3, 0.4) is 0 Å². The van der Waals surface area contributed by atoms with Crippen molar-refractivity contribution in [2.24, 2.45) is 0 Å². The van der Waals surface area contributed by atoms with E-state index in [0.29, 0.717) is 27.4 Å². The first-order valence-corrected chi connectivity index (χ1v) is 14.0. The molecule has 0 atom stereocenters. The molecule has 0 spiro atoms. The van der Waals surface area contributed by atoms with E-state index in [1.165, 1.54) is 0 Å². The molecule has 0 aliphatic carbocycles. The number of hydrogen-bond acceptors (Lipinski definition) is 14. The number of carbonyl (C=O) groups is 3. The first-order valence-electron chi connectivity index (χ1n) is 14.0. The van der Waals surface area contributed by atoms with Gasteiger partial charge in [0.1, 0.15) is 13.2 Å². The number of hydrogen-bond donors (Lipinski definition) is 2. The van der Waals surface area contributed by atoms with E-state index < -0.39 is 130 Å². The Balaban J connectivity index is 2.27. The van der Waals surface area contributed by atoms with E-state index in [-0.39, 0.29) is 6.61 Å². The zero-order chi connectivity index (χ0) is 34.4. The predicted octanol–water partition coefficient (Wildman–Crippen LogP) is -4.65. The van der Waals surface area contributed by atoms with Crippen LogP contribution in [0.2, 0.25) is 0 Å². The Morgan fingerprint density at radius 1 is 0.565 bits per heavy atom. The summed E-state index contributed by atoms with van der Waals surface area (Å²) in [5, 5.41) is 18.4. The number of methoxy groups -OCH3 is 1. The van der Waals surface area contributed by atoms with Crippen LogP contribution in [0.5, 0.6) is 0 Å². The van der Waals surface area contributed by atoms with Gasteiger partial charge in [0.25, 0.3) is 0 Å². The van der Waals surface area contributed by atoms with E-state index in [1.807, 2.05) is 0 Å². The van der Waals surface area contributed by atoms with Gasteiger partial charge in [-0.3, -0.25) is 14.4 Å². The third-order valence-electron chi connectivity index (χ3n) is 6.42. The number of aromatic nitrogens is 6. The van der Waals surface area contributed by atoms with Crippen LogP contribution in [0.15, 0.2) is 40.9 Å². The van der Waals surface area contributed by atoms with Crippen LogP contribution in [-0.2, 0) is 67.9 Å². The molecule has 20 heteroatoms. The van der Waals surface area contributed by atoms with E-state index in [9.17, 15) is 53.4 Å². The van der Waals surface area contributed by atoms with Gasteiger partial charge in [0.2, 0.25) is 0 Å². The summed E-state index contributed by atoms with van der Waals surface area (Å²) in [7, 11) is 1.10.